The molecule has 2 N–H and O–H groups in total. The zero-order chi connectivity index (χ0) is 16.7. The summed E-state index contributed by atoms with van der Waals surface area (Å²) in [4.78, 5) is 31.1. The lowest BCUT2D eigenvalue weighted by Gasteiger charge is -2.15. The number of primary amides is 1. The van der Waals surface area contributed by atoms with Crippen LogP contribution in [0.3, 0.4) is 0 Å². The molecule has 128 valence electrons. The third-order valence-corrected chi connectivity index (χ3v) is 6.73. The first-order chi connectivity index (χ1) is 11.6. The molecule has 0 saturated carbocycles. The van der Waals surface area contributed by atoms with E-state index in [0.717, 1.165) is 48.9 Å². The standard InChI is InChI=1S/C16H19N3O3S2/c17-12(20)8-23-16-18-14-13(10-4-1-5-11(10)24-14)15(21)19(16)7-9-3-2-6-22-9/h9H,1-8H2,(H2,17,20). The SMILES string of the molecule is NC(=O)CSc1nc2sc3c(c2c(=O)n1CC1CCCO1)CCC3. The molecule has 2 aromatic rings. The van der Waals surface area contributed by atoms with Crippen LogP contribution in [0.25, 0.3) is 10.2 Å². The van der Waals surface area contributed by atoms with Gasteiger partial charge in [0.25, 0.3) is 5.56 Å². The summed E-state index contributed by atoms with van der Waals surface area (Å²) < 4.78 is 7.38. The zero-order valence-corrected chi connectivity index (χ0v) is 14.9. The number of nitrogens with zero attached hydrogens (tertiary/aromatic N) is 2. The lowest BCUT2D eigenvalue weighted by atomic mass is 10.2. The summed E-state index contributed by atoms with van der Waals surface area (Å²) in [7, 11) is 0. The molecule has 8 heteroatoms. The molecule has 6 nitrogen and oxygen atoms in total. The number of carbonyl (C=O) groups excluding carboxylic acids is 1. The number of rotatable bonds is 5. The van der Waals surface area contributed by atoms with Crippen LogP contribution in [0.4, 0.5) is 0 Å². The Kier molecular flexibility index (Phi) is 4.36. The van der Waals surface area contributed by atoms with Crippen molar-refractivity contribution in [3.05, 3.63) is 20.8 Å². The molecule has 1 unspecified atom stereocenters. The van der Waals surface area contributed by atoms with Crippen LogP contribution in [-0.4, -0.2) is 33.9 Å². The molecular formula is C16H19N3O3S2. The first kappa shape index (κ1) is 16.1. The van der Waals surface area contributed by atoms with Gasteiger partial charge in [-0.1, -0.05) is 11.8 Å². The Labute approximate surface area is 147 Å². The van der Waals surface area contributed by atoms with Crippen molar-refractivity contribution < 1.29 is 9.53 Å². The Morgan fingerprint density at radius 3 is 3.04 bits per heavy atom. The van der Waals surface area contributed by atoms with E-state index in [1.165, 1.54) is 22.2 Å². The molecule has 3 heterocycles. The van der Waals surface area contributed by atoms with E-state index < -0.39 is 5.91 Å². The highest BCUT2D eigenvalue weighted by molar-refractivity contribution is 7.99. The Morgan fingerprint density at radius 1 is 1.42 bits per heavy atom. The molecule has 1 amide bonds. The fraction of sp³-hybridized carbons (Fsp3) is 0.562. The van der Waals surface area contributed by atoms with Gasteiger partial charge in [0.15, 0.2) is 5.16 Å². The molecular weight excluding hydrogens is 346 g/mol. The molecule has 24 heavy (non-hydrogen) atoms. The van der Waals surface area contributed by atoms with Crippen LogP contribution in [0.15, 0.2) is 9.95 Å². The van der Waals surface area contributed by atoms with Crippen LogP contribution < -0.4 is 11.3 Å². The molecule has 1 fully saturated rings. The van der Waals surface area contributed by atoms with Crippen molar-refractivity contribution in [1.29, 1.82) is 0 Å². The van der Waals surface area contributed by atoms with Gasteiger partial charge in [-0.05, 0) is 37.7 Å². The van der Waals surface area contributed by atoms with Gasteiger partial charge in [-0.2, -0.15) is 0 Å². The van der Waals surface area contributed by atoms with Gasteiger partial charge in [0.2, 0.25) is 5.91 Å². The van der Waals surface area contributed by atoms with Crippen molar-refractivity contribution in [2.75, 3.05) is 12.4 Å². The minimum Gasteiger partial charge on any atom is -0.376 e. The van der Waals surface area contributed by atoms with Crippen LogP contribution in [0, 0.1) is 0 Å². The summed E-state index contributed by atoms with van der Waals surface area (Å²) in [5.74, 6) is -0.291. The van der Waals surface area contributed by atoms with E-state index in [2.05, 4.69) is 0 Å². The second kappa shape index (κ2) is 6.50. The van der Waals surface area contributed by atoms with E-state index >= 15 is 0 Å². The van der Waals surface area contributed by atoms with Crippen LogP contribution >= 0.6 is 23.1 Å². The summed E-state index contributed by atoms with van der Waals surface area (Å²) in [5, 5.41) is 1.34. The van der Waals surface area contributed by atoms with Crippen molar-refractivity contribution >= 4 is 39.2 Å². The maximum atomic E-state index is 13.1. The van der Waals surface area contributed by atoms with Crippen molar-refractivity contribution in [2.45, 2.75) is 49.9 Å². The van der Waals surface area contributed by atoms with Gasteiger partial charge in [0.05, 0.1) is 23.8 Å². The predicted octanol–water partition coefficient (Wildman–Crippen LogP) is 1.70. The van der Waals surface area contributed by atoms with E-state index in [9.17, 15) is 9.59 Å². The molecule has 0 radical (unpaired) electrons. The number of thioether (sulfide) groups is 1. The number of hydrogen-bond acceptors (Lipinski definition) is 6. The molecule has 1 atom stereocenters. The van der Waals surface area contributed by atoms with Crippen molar-refractivity contribution in [1.82, 2.24) is 9.55 Å². The highest BCUT2D eigenvalue weighted by Crippen LogP contribution is 2.35. The topological polar surface area (TPSA) is 87.2 Å². The highest BCUT2D eigenvalue weighted by Gasteiger charge is 2.25. The van der Waals surface area contributed by atoms with Crippen LogP contribution in [-0.2, 0) is 28.9 Å². The van der Waals surface area contributed by atoms with Crippen LogP contribution in [0.2, 0.25) is 0 Å². The van der Waals surface area contributed by atoms with Gasteiger partial charge in [-0.3, -0.25) is 14.2 Å². The van der Waals surface area contributed by atoms with Crippen molar-refractivity contribution in [3.8, 4) is 0 Å². The van der Waals surface area contributed by atoms with Gasteiger partial charge < -0.3 is 10.5 Å². The fourth-order valence-corrected chi connectivity index (χ4v) is 5.51. The van der Waals surface area contributed by atoms with Gasteiger partial charge in [0.1, 0.15) is 4.83 Å². The molecule has 2 aliphatic rings. The fourth-order valence-electron chi connectivity index (χ4n) is 3.46. The monoisotopic (exact) mass is 365 g/mol. The van der Waals surface area contributed by atoms with Gasteiger partial charge in [-0.15, -0.1) is 11.3 Å². The zero-order valence-electron chi connectivity index (χ0n) is 13.2. The molecule has 4 rings (SSSR count). The van der Waals surface area contributed by atoms with Crippen molar-refractivity contribution in [3.63, 3.8) is 0 Å². The molecule has 1 aliphatic heterocycles. The number of amides is 1. The first-order valence-corrected chi connectivity index (χ1v) is 10.0. The second-order valence-electron chi connectivity index (χ2n) is 6.24. The van der Waals surface area contributed by atoms with Gasteiger partial charge in [-0.25, -0.2) is 4.98 Å². The Hall–Kier alpha value is -1.38. The van der Waals surface area contributed by atoms with Crippen LogP contribution in [0.1, 0.15) is 29.7 Å². The maximum absolute atomic E-state index is 13.1. The summed E-state index contributed by atoms with van der Waals surface area (Å²) >= 11 is 2.85. The number of ether oxygens (including phenoxy) is 1. The first-order valence-electron chi connectivity index (χ1n) is 8.21. The number of hydrogen-bond donors (Lipinski definition) is 1. The number of thiophene rings is 1. The number of aromatic nitrogens is 2. The molecule has 2 aromatic heterocycles. The van der Waals surface area contributed by atoms with Gasteiger partial charge >= 0.3 is 0 Å². The lowest BCUT2D eigenvalue weighted by molar-refractivity contribution is -0.115. The Balaban J connectivity index is 1.81. The van der Waals surface area contributed by atoms with Crippen molar-refractivity contribution in [2.24, 2.45) is 5.73 Å². The summed E-state index contributed by atoms with van der Waals surface area (Å²) in [6.07, 6.45) is 5.12. The number of carbonyl (C=O) groups is 1. The van der Waals surface area contributed by atoms with E-state index in [1.54, 1.807) is 15.9 Å². The number of nitrogens with two attached hydrogens (primary N) is 1. The normalized spacial score (nSPS) is 19.9. The highest BCUT2D eigenvalue weighted by atomic mass is 32.2. The van der Waals surface area contributed by atoms with E-state index in [1.807, 2.05) is 0 Å². The minimum atomic E-state index is -0.410. The summed E-state index contributed by atoms with van der Waals surface area (Å²) in [5.41, 5.74) is 6.45. The largest absolute Gasteiger partial charge is 0.376 e. The molecule has 0 aromatic carbocycles. The molecule has 1 saturated heterocycles. The quantitative estimate of drug-likeness (QED) is 0.644. The Bertz CT molecular complexity index is 852. The van der Waals surface area contributed by atoms with E-state index in [4.69, 9.17) is 15.5 Å². The minimum absolute atomic E-state index is 0.00173. The smallest absolute Gasteiger partial charge is 0.263 e. The van der Waals surface area contributed by atoms with E-state index in [0.29, 0.717) is 11.7 Å². The van der Waals surface area contributed by atoms with Gasteiger partial charge in [0, 0.05) is 11.5 Å². The number of fused-ring (bicyclic) bond motifs is 3. The molecule has 0 spiro atoms. The molecule has 1 aliphatic carbocycles. The molecule has 0 bridgehead atoms. The Morgan fingerprint density at radius 2 is 2.29 bits per heavy atom. The summed E-state index contributed by atoms with van der Waals surface area (Å²) in [6.45, 7) is 1.24. The maximum Gasteiger partial charge on any atom is 0.263 e. The average Bonchev–Trinajstić information content (AvgIpc) is 3.24. The van der Waals surface area contributed by atoms with E-state index in [-0.39, 0.29) is 17.4 Å². The lowest BCUT2D eigenvalue weighted by Crippen LogP contribution is -2.29. The van der Waals surface area contributed by atoms with Crippen LogP contribution in [0.5, 0.6) is 0 Å². The third kappa shape index (κ3) is 2.87. The average molecular weight is 365 g/mol. The third-order valence-electron chi connectivity index (χ3n) is 4.54. The predicted molar refractivity (Wildman–Crippen MR) is 94.8 cm³/mol. The summed E-state index contributed by atoms with van der Waals surface area (Å²) in [6, 6.07) is 0. The second-order valence-corrected chi connectivity index (χ2v) is 8.26. The number of aryl methyl sites for hydroxylation is 2.